The summed E-state index contributed by atoms with van der Waals surface area (Å²) < 4.78 is 1.85. The van der Waals surface area contributed by atoms with E-state index in [0.717, 1.165) is 5.52 Å². The molecule has 1 N–H and O–H groups in total. The minimum atomic E-state index is -0.211. The summed E-state index contributed by atoms with van der Waals surface area (Å²) in [5, 5.41) is 9.64. The molecule has 2 rings (SSSR count). The van der Waals surface area contributed by atoms with Crippen molar-refractivity contribution in [2.24, 2.45) is 7.05 Å². The van der Waals surface area contributed by atoms with Gasteiger partial charge in [0.2, 0.25) is 0 Å². The van der Waals surface area contributed by atoms with Gasteiger partial charge in [-0.2, -0.15) is 0 Å². The van der Waals surface area contributed by atoms with E-state index in [1.54, 1.807) is 12.3 Å². The fourth-order valence-electron chi connectivity index (χ4n) is 1.62. The van der Waals surface area contributed by atoms with Gasteiger partial charge in [-0.05, 0) is 12.1 Å². The molecule has 0 atom stereocenters. The Morgan fingerprint density at radius 1 is 1.36 bits per heavy atom. The zero-order valence-electron chi connectivity index (χ0n) is 7.90. The molecule has 0 aliphatic carbocycles. The number of benzene rings is 1. The van der Waals surface area contributed by atoms with Crippen LogP contribution in [0.3, 0.4) is 0 Å². The van der Waals surface area contributed by atoms with Gasteiger partial charge in [0.1, 0.15) is 0 Å². The molecule has 3 heteroatoms. The van der Waals surface area contributed by atoms with E-state index < -0.39 is 0 Å². The van der Waals surface area contributed by atoms with Crippen molar-refractivity contribution in [3.8, 4) is 0 Å². The number of rotatable bonds is 1. The molecule has 1 aromatic carbocycles. The Bertz CT molecular complexity index is 528. The number of pyridine rings is 1. The quantitative estimate of drug-likeness (QED) is 0.728. The van der Waals surface area contributed by atoms with E-state index in [2.05, 4.69) is 0 Å². The second kappa shape index (κ2) is 3.27. The monoisotopic (exact) mass is 189 g/mol. The van der Waals surface area contributed by atoms with Crippen LogP contribution in [0.15, 0.2) is 35.3 Å². The molecule has 0 aliphatic heterocycles. The molecule has 72 valence electrons. The molecule has 0 spiro atoms. The fourth-order valence-corrected chi connectivity index (χ4v) is 1.62. The zero-order valence-corrected chi connectivity index (χ0v) is 7.90. The Hall–Kier alpha value is -1.61. The van der Waals surface area contributed by atoms with Crippen LogP contribution in [0, 0.1) is 0 Å². The lowest BCUT2D eigenvalue weighted by atomic mass is 10.1. The number of nitrogens with zero attached hydrogens (tertiary/aromatic N) is 1. The van der Waals surface area contributed by atoms with E-state index in [4.69, 9.17) is 5.11 Å². The van der Waals surface area contributed by atoms with E-state index in [1.807, 2.05) is 29.8 Å². The number of fused-ring (bicyclic) bond motifs is 1. The van der Waals surface area contributed by atoms with Gasteiger partial charge in [-0.25, -0.2) is 0 Å². The molecule has 0 aliphatic rings. The molecular weight excluding hydrogens is 178 g/mol. The summed E-state index contributed by atoms with van der Waals surface area (Å²) in [6.07, 6.45) is 1.67. The van der Waals surface area contributed by atoms with Crippen LogP contribution in [0.2, 0.25) is 0 Å². The predicted octanol–water partition coefficient (Wildman–Crippen LogP) is 1.03. The van der Waals surface area contributed by atoms with Gasteiger partial charge >= 0.3 is 0 Å². The first-order valence-electron chi connectivity index (χ1n) is 4.42. The molecule has 1 aromatic heterocycles. The highest BCUT2D eigenvalue weighted by Gasteiger charge is 2.04. The number of hydrogen-bond acceptors (Lipinski definition) is 2. The van der Waals surface area contributed by atoms with Crippen molar-refractivity contribution in [3.63, 3.8) is 0 Å². The van der Waals surface area contributed by atoms with E-state index in [9.17, 15) is 4.79 Å². The molecule has 3 nitrogen and oxygen atoms in total. The molecule has 0 bridgehead atoms. The Kier molecular flexibility index (Phi) is 2.09. The first kappa shape index (κ1) is 8.97. The molecular formula is C11H11NO2. The van der Waals surface area contributed by atoms with Gasteiger partial charge in [-0.3, -0.25) is 4.79 Å². The Labute approximate surface area is 81.2 Å². The summed E-state index contributed by atoms with van der Waals surface area (Å²) in [5.74, 6) is 0. The normalized spacial score (nSPS) is 10.7. The number of aryl methyl sites for hydroxylation is 1. The van der Waals surface area contributed by atoms with Crippen LogP contribution in [0.5, 0.6) is 0 Å². The Morgan fingerprint density at radius 2 is 2.07 bits per heavy atom. The van der Waals surface area contributed by atoms with Gasteiger partial charge in [0.05, 0.1) is 12.1 Å². The van der Waals surface area contributed by atoms with Crippen LogP contribution in [0.25, 0.3) is 10.9 Å². The molecule has 0 amide bonds. The third kappa shape index (κ3) is 1.22. The van der Waals surface area contributed by atoms with E-state index in [-0.39, 0.29) is 12.0 Å². The smallest absolute Gasteiger partial charge is 0.194 e. The maximum absolute atomic E-state index is 11.7. The molecule has 2 aromatic rings. The average molecular weight is 189 g/mol. The van der Waals surface area contributed by atoms with Gasteiger partial charge in [-0.1, -0.05) is 12.1 Å². The minimum Gasteiger partial charge on any atom is -0.391 e. The van der Waals surface area contributed by atoms with Gasteiger partial charge in [-0.15, -0.1) is 0 Å². The fraction of sp³-hybridized carbons (Fsp3) is 0.182. The predicted molar refractivity (Wildman–Crippen MR) is 55.1 cm³/mol. The lowest BCUT2D eigenvalue weighted by Crippen LogP contribution is -2.12. The summed E-state index contributed by atoms with van der Waals surface area (Å²) >= 11 is 0. The van der Waals surface area contributed by atoms with E-state index >= 15 is 0 Å². The van der Waals surface area contributed by atoms with Crippen LogP contribution in [0.4, 0.5) is 0 Å². The number of aromatic nitrogens is 1. The molecule has 14 heavy (non-hydrogen) atoms. The molecule has 0 fully saturated rings. The Balaban J connectivity index is 2.95. The van der Waals surface area contributed by atoms with Crippen LogP contribution in [0.1, 0.15) is 5.56 Å². The maximum Gasteiger partial charge on any atom is 0.194 e. The summed E-state index contributed by atoms with van der Waals surface area (Å²) in [6.45, 7) is -0.211. The Morgan fingerprint density at radius 3 is 2.79 bits per heavy atom. The van der Waals surface area contributed by atoms with Crippen molar-refractivity contribution in [3.05, 3.63) is 46.2 Å². The lowest BCUT2D eigenvalue weighted by molar-refractivity contribution is 0.280. The van der Waals surface area contributed by atoms with Gasteiger partial charge in [0, 0.05) is 24.2 Å². The summed E-state index contributed by atoms with van der Waals surface area (Å²) in [4.78, 5) is 11.7. The van der Waals surface area contributed by atoms with Crippen molar-refractivity contribution in [1.82, 2.24) is 4.57 Å². The van der Waals surface area contributed by atoms with Gasteiger partial charge < -0.3 is 9.67 Å². The molecule has 0 saturated heterocycles. The van der Waals surface area contributed by atoms with Gasteiger partial charge in [0.25, 0.3) is 0 Å². The second-order valence-corrected chi connectivity index (χ2v) is 3.27. The summed E-state index contributed by atoms with van der Waals surface area (Å²) in [7, 11) is 1.86. The largest absolute Gasteiger partial charge is 0.391 e. The molecule has 0 radical (unpaired) electrons. The maximum atomic E-state index is 11.7. The van der Waals surface area contributed by atoms with Crippen LogP contribution in [-0.2, 0) is 13.7 Å². The van der Waals surface area contributed by atoms with Crippen LogP contribution >= 0.6 is 0 Å². The zero-order chi connectivity index (χ0) is 10.1. The van der Waals surface area contributed by atoms with E-state index in [0.29, 0.717) is 10.9 Å². The van der Waals surface area contributed by atoms with Gasteiger partial charge in [0.15, 0.2) is 5.43 Å². The number of para-hydroxylation sites is 1. The highest BCUT2D eigenvalue weighted by Crippen LogP contribution is 2.09. The van der Waals surface area contributed by atoms with Crippen molar-refractivity contribution in [1.29, 1.82) is 0 Å². The average Bonchev–Trinajstić information content (AvgIpc) is 2.23. The first-order valence-corrected chi connectivity index (χ1v) is 4.42. The van der Waals surface area contributed by atoms with Crippen molar-refractivity contribution < 1.29 is 5.11 Å². The SMILES string of the molecule is Cn1cc(CO)c(=O)c2ccccc21. The lowest BCUT2D eigenvalue weighted by Gasteiger charge is -2.06. The summed E-state index contributed by atoms with van der Waals surface area (Å²) in [6, 6.07) is 7.37. The van der Waals surface area contributed by atoms with Crippen LogP contribution < -0.4 is 5.43 Å². The van der Waals surface area contributed by atoms with E-state index in [1.165, 1.54) is 0 Å². The summed E-state index contributed by atoms with van der Waals surface area (Å²) in [5.41, 5.74) is 1.24. The topological polar surface area (TPSA) is 42.2 Å². The van der Waals surface area contributed by atoms with Crippen LogP contribution in [-0.4, -0.2) is 9.67 Å². The third-order valence-electron chi connectivity index (χ3n) is 2.34. The second-order valence-electron chi connectivity index (χ2n) is 3.27. The standard InChI is InChI=1S/C11H11NO2/c1-12-6-8(7-13)11(14)9-4-2-3-5-10(9)12/h2-6,13H,7H2,1H3. The first-order chi connectivity index (χ1) is 6.74. The highest BCUT2D eigenvalue weighted by molar-refractivity contribution is 5.79. The minimum absolute atomic E-state index is 0.0822. The van der Waals surface area contributed by atoms with Crippen molar-refractivity contribution in [2.45, 2.75) is 6.61 Å². The third-order valence-corrected chi connectivity index (χ3v) is 2.34. The molecule has 0 unspecified atom stereocenters. The number of aliphatic hydroxyl groups is 1. The number of aliphatic hydroxyl groups excluding tert-OH is 1. The molecule has 1 heterocycles. The number of hydrogen-bond donors (Lipinski definition) is 1. The van der Waals surface area contributed by atoms with Crippen molar-refractivity contribution in [2.75, 3.05) is 0 Å². The molecule has 0 saturated carbocycles. The van der Waals surface area contributed by atoms with Crippen molar-refractivity contribution >= 4 is 10.9 Å². The highest BCUT2D eigenvalue weighted by atomic mass is 16.3.